The second kappa shape index (κ2) is 10.4. The first-order chi connectivity index (χ1) is 12.5. The summed E-state index contributed by atoms with van der Waals surface area (Å²) in [4.78, 5) is 0. The van der Waals surface area contributed by atoms with Crippen molar-refractivity contribution in [1.82, 2.24) is 0 Å². The predicted octanol–water partition coefficient (Wildman–Crippen LogP) is 5.18. The molecule has 1 N–H and O–H groups in total. The van der Waals surface area contributed by atoms with Crippen molar-refractivity contribution in [3.63, 3.8) is 0 Å². The second-order valence-corrected chi connectivity index (χ2v) is 13.7. The van der Waals surface area contributed by atoms with Gasteiger partial charge in [0.2, 0.25) is 0 Å². The first-order valence-corrected chi connectivity index (χ1v) is 12.6. The lowest BCUT2D eigenvalue weighted by Gasteiger charge is -2.36. The maximum absolute atomic E-state index is 10.4. The van der Waals surface area contributed by atoms with E-state index in [-0.39, 0.29) is 11.0 Å². The summed E-state index contributed by atoms with van der Waals surface area (Å²) in [6.45, 7) is 16.8. The van der Waals surface area contributed by atoms with E-state index in [9.17, 15) is 5.11 Å². The van der Waals surface area contributed by atoms with Crippen molar-refractivity contribution >= 4 is 8.32 Å². The van der Waals surface area contributed by atoms with Crippen LogP contribution in [0.5, 0.6) is 5.75 Å². The summed E-state index contributed by atoms with van der Waals surface area (Å²) < 4.78 is 17.1. The van der Waals surface area contributed by atoms with Gasteiger partial charge in [0.1, 0.15) is 5.75 Å². The summed E-state index contributed by atoms with van der Waals surface area (Å²) in [7, 11) is -0.113. The molecule has 5 heteroatoms. The van der Waals surface area contributed by atoms with Gasteiger partial charge in [-0.15, -0.1) is 0 Å². The van der Waals surface area contributed by atoms with Crippen LogP contribution >= 0.6 is 0 Å². The molecule has 4 nitrogen and oxygen atoms in total. The van der Waals surface area contributed by atoms with E-state index in [1.165, 1.54) is 0 Å². The Morgan fingerprint density at radius 1 is 1.19 bits per heavy atom. The SMILES string of the molecule is COc1ccc(COC[C@@H](C)[C@@H](O)/C=C(\C)CO[Si](C)(C)C(C)(C)C)cc1. The van der Waals surface area contributed by atoms with Gasteiger partial charge in [-0.2, -0.15) is 0 Å². The molecule has 0 radical (unpaired) electrons. The van der Waals surface area contributed by atoms with Crippen LogP contribution in [-0.4, -0.2) is 39.9 Å². The summed E-state index contributed by atoms with van der Waals surface area (Å²) in [6, 6.07) is 7.82. The molecule has 0 aliphatic rings. The molecule has 0 unspecified atom stereocenters. The lowest BCUT2D eigenvalue weighted by Crippen LogP contribution is -2.41. The summed E-state index contributed by atoms with van der Waals surface area (Å²) >= 11 is 0. The van der Waals surface area contributed by atoms with E-state index in [0.29, 0.717) is 19.8 Å². The van der Waals surface area contributed by atoms with Crippen LogP contribution in [0.4, 0.5) is 0 Å². The van der Waals surface area contributed by atoms with Crippen molar-refractivity contribution in [2.24, 2.45) is 5.92 Å². The minimum atomic E-state index is -1.77. The van der Waals surface area contributed by atoms with Gasteiger partial charge in [-0.05, 0) is 42.8 Å². The van der Waals surface area contributed by atoms with Gasteiger partial charge in [-0.25, -0.2) is 0 Å². The largest absolute Gasteiger partial charge is 0.497 e. The Kier molecular flexibility index (Phi) is 9.22. The van der Waals surface area contributed by atoms with Crippen LogP contribution in [0.25, 0.3) is 0 Å². The summed E-state index contributed by atoms with van der Waals surface area (Å²) in [6.07, 6.45) is 1.36. The average Bonchev–Trinajstić information content (AvgIpc) is 2.59. The topological polar surface area (TPSA) is 47.9 Å². The lowest BCUT2D eigenvalue weighted by atomic mass is 10.0. The lowest BCUT2D eigenvalue weighted by molar-refractivity contribution is 0.0467. The smallest absolute Gasteiger partial charge is 0.192 e. The molecular formula is C22H38O4Si. The Balaban J connectivity index is 2.43. The molecule has 0 saturated carbocycles. The fourth-order valence-electron chi connectivity index (χ4n) is 2.20. The molecule has 1 aromatic rings. The third-order valence-corrected chi connectivity index (χ3v) is 9.79. The molecule has 0 heterocycles. The van der Waals surface area contributed by atoms with Gasteiger partial charge in [0, 0.05) is 5.92 Å². The number of methoxy groups -OCH3 is 1. The van der Waals surface area contributed by atoms with E-state index in [2.05, 4.69) is 33.9 Å². The zero-order chi connectivity index (χ0) is 20.7. The number of aliphatic hydroxyl groups is 1. The summed E-state index contributed by atoms with van der Waals surface area (Å²) in [5, 5.41) is 10.6. The van der Waals surface area contributed by atoms with Gasteiger partial charge in [-0.3, -0.25) is 0 Å². The zero-order valence-electron chi connectivity index (χ0n) is 18.3. The number of benzene rings is 1. The minimum absolute atomic E-state index is 0.0195. The van der Waals surface area contributed by atoms with E-state index in [0.717, 1.165) is 16.9 Å². The highest BCUT2D eigenvalue weighted by Crippen LogP contribution is 2.36. The van der Waals surface area contributed by atoms with Crippen molar-refractivity contribution in [3.05, 3.63) is 41.5 Å². The summed E-state index contributed by atoms with van der Waals surface area (Å²) in [5.74, 6) is 0.856. The van der Waals surface area contributed by atoms with Crippen LogP contribution < -0.4 is 4.74 Å². The fraction of sp³-hybridized carbons (Fsp3) is 0.636. The monoisotopic (exact) mass is 394 g/mol. The molecule has 0 spiro atoms. The van der Waals surface area contributed by atoms with Gasteiger partial charge in [0.25, 0.3) is 0 Å². The molecular weight excluding hydrogens is 356 g/mol. The molecule has 0 saturated heterocycles. The van der Waals surface area contributed by atoms with Gasteiger partial charge >= 0.3 is 0 Å². The van der Waals surface area contributed by atoms with E-state index in [1.54, 1.807) is 7.11 Å². The maximum atomic E-state index is 10.4. The Labute approximate surface area is 166 Å². The van der Waals surface area contributed by atoms with E-state index < -0.39 is 14.4 Å². The Morgan fingerprint density at radius 2 is 1.78 bits per heavy atom. The van der Waals surface area contributed by atoms with Crippen molar-refractivity contribution in [1.29, 1.82) is 0 Å². The highest BCUT2D eigenvalue weighted by molar-refractivity contribution is 6.74. The molecule has 0 fully saturated rings. The van der Waals surface area contributed by atoms with Gasteiger partial charge < -0.3 is 19.0 Å². The number of hydrogen-bond donors (Lipinski definition) is 1. The first kappa shape index (κ1) is 23.9. The van der Waals surface area contributed by atoms with E-state index in [4.69, 9.17) is 13.9 Å². The average molecular weight is 395 g/mol. The zero-order valence-corrected chi connectivity index (χ0v) is 19.3. The van der Waals surface area contributed by atoms with Crippen LogP contribution in [0.15, 0.2) is 35.9 Å². The number of aliphatic hydroxyl groups excluding tert-OH is 1. The third kappa shape index (κ3) is 8.17. The van der Waals surface area contributed by atoms with Crippen LogP contribution in [0.1, 0.15) is 40.2 Å². The van der Waals surface area contributed by atoms with Crippen molar-refractivity contribution < 1.29 is 19.0 Å². The molecule has 0 bridgehead atoms. The quantitative estimate of drug-likeness (QED) is 0.439. The van der Waals surface area contributed by atoms with Gasteiger partial charge in [-0.1, -0.05) is 51.5 Å². The Hall–Kier alpha value is -1.14. The number of rotatable bonds is 10. The van der Waals surface area contributed by atoms with Crippen LogP contribution in [0.2, 0.25) is 18.1 Å². The number of ether oxygens (including phenoxy) is 2. The fourth-order valence-corrected chi connectivity index (χ4v) is 3.22. The van der Waals surface area contributed by atoms with Crippen molar-refractivity contribution in [2.75, 3.05) is 20.3 Å². The molecule has 1 aromatic carbocycles. The predicted molar refractivity (Wildman–Crippen MR) is 115 cm³/mol. The molecule has 0 aliphatic carbocycles. The Morgan fingerprint density at radius 3 is 2.30 bits per heavy atom. The summed E-state index contributed by atoms with van der Waals surface area (Å²) in [5.41, 5.74) is 2.15. The van der Waals surface area contributed by atoms with Crippen molar-refractivity contribution in [2.45, 2.75) is 65.5 Å². The first-order valence-electron chi connectivity index (χ1n) is 9.66. The molecule has 0 amide bonds. The highest BCUT2D eigenvalue weighted by Gasteiger charge is 2.37. The van der Waals surface area contributed by atoms with Gasteiger partial charge in [0.15, 0.2) is 8.32 Å². The van der Waals surface area contributed by atoms with E-state index in [1.807, 2.05) is 44.2 Å². The normalized spacial score (nSPS) is 15.5. The van der Waals surface area contributed by atoms with Crippen LogP contribution in [0, 0.1) is 5.92 Å². The van der Waals surface area contributed by atoms with Crippen LogP contribution in [0.3, 0.4) is 0 Å². The third-order valence-electron chi connectivity index (χ3n) is 5.31. The molecule has 1 rings (SSSR count). The van der Waals surface area contributed by atoms with Crippen LogP contribution in [-0.2, 0) is 15.8 Å². The highest BCUT2D eigenvalue weighted by atomic mass is 28.4. The standard InChI is InChI=1S/C22H38O4Si/c1-17(14-26-27(7,8)22(3,4)5)13-21(23)18(2)15-25-16-19-9-11-20(24-6)12-10-19/h9-13,18,21,23H,14-16H2,1-8H3/b17-13+/t18-,21+/m1/s1. The maximum Gasteiger partial charge on any atom is 0.192 e. The number of hydrogen-bond acceptors (Lipinski definition) is 4. The molecule has 154 valence electrons. The molecule has 0 aliphatic heterocycles. The molecule has 0 aromatic heterocycles. The van der Waals surface area contributed by atoms with Crippen molar-refractivity contribution in [3.8, 4) is 5.75 Å². The second-order valence-electron chi connectivity index (χ2n) is 8.89. The molecule has 27 heavy (non-hydrogen) atoms. The minimum Gasteiger partial charge on any atom is -0.497 e. The Bertz CT molecular complexity index is 587. The van der Waals surface area contributed by atoms with Gasteiger partial charge in [0.05, 0.1) is 33.0 Å². The van der Waals surface area contributed by atoms with E-state index >= 15 is 0 Å². The molecule has 2 atom stereocenters.